The van der Waals surface area contributed by atoms with Crippen LogP contribution in [0.1, 0.15) is 20.7 Å². The van der Waals surface area contributed by atoms with Crippen molar-refractivity contribution in [2.24, 2.45) is 0 Å². The van der Waals surface area contributed by atoms with Crippen molar-refractivity contribution in [2.75, 3.05) is 0 Å². The maximum Gasteiger partial charge on any atom is 0.338 e. The molecular formula is C8ClF5O2. The Hall–Kier alpha value is -1.50. The summed E-state index contributed by atoms with van der Waals surface area (Å²) in [6.07, 6.45) is 0. The van der Waals surface area contributed by atoms with Crippen molar-refractivity contribution in [3.05, 3.63) is 33.6 Å². The molecule has 16 heavy (non-hydrogen) atoms. The Kier molecular flexibility index (Phi) is 3.27. The van der Waals surface area contributed by atoms with Gasteiger partial charge in [0.05, 0.1) is 5.02 Å². The Morgan fingerprint density at radius 3 is 1.56 bits per heavy atom. The van der Waals surface area contributed by atoms with E-state index in [-0.39, 0.29) is 0 Å². The molecule has 0 saturated carbocycles. The van der Waals surface area contributed by atoms with E-state index in [0.717, 1.165) is 0 Å². The number of benzene rings is 1. The highest BCUT2D eigenvalue weighted by Crippen LogP contribution is 2.30. The number of hydrogen-bond acceptors (Lipinski definition) is 2. The molecule has 1 rings (SSSR count). The molecule has 0 heterocycles. The third-order valence-electron chi connectivity index (χ3n) is 1.66. The number of rotatable bonds is 2. The van der Waals surface area contributed by atoms with Crippen molar-refractivity contribution in [3.63, 3.8) is 0 Å². The van der Waals surface area contributed by atoms with Crippen LogP contribution in [0.15, 0.2) is 0 Å². The summed E-state index contributed by atoms with van der Waals surface area (Å²) in [6, 6.07) is -5.17. The maximum absolute atomic E-state index is 13.0. The van der Waals surface area contributed by atoms with Gasteiger partial charge >= 0.3 is 12.1 Å². The fraction of sp³-hybridized carbons (Fsp3) is 0. The van der Waals surface area contributed by atoms with E-state index in [4.69, 9.17) is 11.6 Å². The van der Waals surface area contributed by atoms with Gasteiger partial charge in [-0.2, -0.15) is 8.78 Å². The van der Waals surface area contributed by atoms with Crippen LogP contribution in [0.2, 0.25) is 5.02 Å². The van der Waals surface area contributed by atoms with E-state index < -0.39 is 45.7 Å². The molecular weight excluding hydrogens is 259 g/mol. The third-order valence-corrected chi connectivity index (χ3v) is 2.01. The molecule has 0 saturated heterocycles. The van der Waals surface area contributed by atoms with Crippen molar-refractivity contribution in [3.8, 4) is 0 Å². The highest BCUT2D eigenvalue weighted by Gasteiger charge is 2.31. The lowest BCUT2D eigenvalue weighted by molar-refractivity contribution is 0.0807. The summed E-state index contributed by atoms with van der Waals surface area (Å²) in [4.78, 5) is 20.3. The summed E-state index contributed by atoms with van der Waals surface area (Å²) >= 11 is 4.95. The normalized spacial score (nSPS) is 10.4. The average molecular weight is 259 g/mol. The minimum atomic E-state index is -2.63. The lowest BCUT2D eigenvalue weighted by atomic mass is 10.1. The van der Waals surface area contributed by atoms with Crippen LogP contribution in [0.5, 0.6) is 0 Å². The molecule has 0 bridgehead atoms. The van der Waals surface area contributed by atoms with E-state index in [1.165, 1.54) is 0 Å². The van der Waals surface area contributed by atoms with Crippen molar-refractivity contribution in [1.29, 1.82) is 0 Å². The zero-order chi connectivity index (χ0) is 12.6. The summed E-state index contributed by atoms with van der Waals surface area (Å²) in [5.74, 6) is -6.57. The van der Waals surface area contributed by atoms with Crippen LogP contribution in [-0.4, -0.2) is 12.1 Å². The number of halogens is 6. The van der Waals surface area contributed by atoms with Gasteiger partial charge in [-0.1, -0.05) is 11.6 Å². The fourth-order valence-corrected chi connectivity index (χ4v) is 1.23. The standard InChI is InChI=1S/C8ClF5O2/c9-3-1(7(13)15)5(11)6(12)2(4(3)10)8(14)16. The van der Waals surface area contributed by atoms with Gasteiger partial charge in [0.2, 0.25) is 0 Å². The summed E-state index contributed by atoms with van der Waals surface area (Å²) in [7, 11) is 0. The molecule has 8 heteroatoms. The molecule has 1 aromatic rings. The van der Waals surface area contributed by atoms with Crippen LogP contribution in [0, 0.1) is 17.5 Å². The van der Waals surface area contributed by atoms with Crippen molar-refractivity contribution >= 4 is 23.7 Å². The summed E-state index contributed by atoms with van der Waals surface area (Å²) in [5, 5.41) is -1.49. The minimum absolute atomic E-state index is 1.49. The first-order valence-electron chi connectivity index (χ1n) is 3.54. The van der Waals surface area contributed by atoms with Gasteiger partial charge < -0.3 is 0 Å². The van der Waals surface area contributed by atoms with E-state index in [2.05, 4.69) is 0 Å². The molecule has 0 unspecified atom stereocenters. The number of carbonyl (C=O) groups is 2. The molecule has 0 spiro atoms. The van der Waals surface area contributed by atoms with Crippen molar-refractivity contribution in [1.82, 2.24) is 0 Å². The Morgan fingerprint density at radius 1 is 0.812 bits per heavy atom. The van der Waals surface area contributed by atoms with E-state index in [1.54, 1.807) is 0 Å². The number of carbonyl (C=O) groups excluding carboxylic acids is 2. The quantitative estimate of drug-likeness (QED) is 0.464. The fourth-order valence-electron chi connectivity index (χ4n) is 0.977. The summed E-state index contributed by atoms with van der Waals surface area (Å²) < 4.78 is 63.1. The minimum Gasteiger partial charge on any atom is -0.255 e. The lowest BCUT2D eigenvalue weighted by Gasteiger charge is -2.06. The first-order valence-corrected chi connectivity index (χ1v) is 3.92. The first kappa shape index (κ1) is 12.6. The van der Waals surface area contributed by atoms with E-state index in [1.807, 2.05) is 0 Å². The highest BCUT2D eigenvalue weighted by molar-refractivity contribution is 6.34. The zero-order valence-electron chi connectivity index (χ0n) is 7.08. The average Bonchev–Trinajstić information content (AvgIpc) is 2.14. The maximum atomic E-state index is 13.0. The Bertz CT molecular complexity index is 426. The van der Waals surface area contributed by atoms with Crippen LogP contribution in [-0.2, 0) is 0 Å². The lowest BCUT2D eigenvalue weighted by Crippen LogP contribution is -2.10. The molecule has 2 nitrogen and oxygen atoms in total. The number of hydrogen-bond donors (Lipinski definition) is 0. The van der Waals surface area contributed by atoms with Crippen LogP contribution in [0.4, 0.5) is 22.0 Å². The van der Waals surface area contributed by atoms with Gasteiger partial charge in [0.15, 0.2) is 17.5 Å². The van der Waals surface area contributed by atoms with Gasteiger partial charge in [0.25, 0.3) is 0 Å². The zero-order valence-corrected chi connectivity index (χ0v) is 7.84. The van der Waals surface area contributed by atoms with Gasteiger partial charge in [-0.3, -0.25) is 9.59 Å². The topological polar surface area (TPSA) is 34.1 Å². The predicted molar refractivity (Wildman–Crippen MR) is 42.2 cm³/mol. The van der Waals surface area contributed by atoms with Crippen LogP contribution in [0.3, 0.4) is 0 Å². The van der Waals surface area contributed by atoms with E-state index >= 15 is 0 Å². The van der Waals surface area contributed by atoms with Gasteiger partial charge in [0, 0.05) is 0 Å². The van der Waals surface area contributed by atoms with Gasteiger partial charge in [-0.05, 0) is 0 Å². The van der Waals surface area contributed by atoms with E-state index in [9.17, 15) is 31.5 Å². The molecule has 0 aliphatic heterocycles. The molecule has 0 atom stereocenters. The van der Waals surface area contributed by atoms with Gasteiger partial charge in [-0.15, -0.1) is 0 Å². The Morgan fingerprint density at radius 2 is 1.19 bits per heavy atom. The summed E-state index contributed by atoms with van der Waals surface area (Å²) in [5.41, 5.74) is -3.63. The largest absolute Gasteiger partial charge is 0.338 e. The monoisotopic (exact) mass is 258 g/mol. The molecule has 0 aromatic heterocycles. The molecule has 1 aromatic carbocycles. The predicted octanol–water partition coefficient (Wildman–Crippen LogP) is 2.98. The first-order chi connectivity index (χ1) is 7.29. The molecule has 0 fully saturated rings. The van der Waals surface area contributed by atoms with Crippen molar-refractivity contribution < 1.29 is 31.5 Å². The second-order valence-corrected chi connectivity index (χ2v) is 2.93. The van der Waals surface area contributed by atoms with Gasteiger partial charge in [-0.25, -0.2) is 13.2 Å². The Balaban J connectivity index is 3.77. The second kappa shape index (κ2) is 4.17. The molecule has 0 radical (unpaired) electrons. The second-order valence-electron chi connectivity index (χ2n) is 2.55. The molecule has 0 N–H and O–H groups in total. The third kappa shape index (κ3) is 1.78. The Labute approximate surface area is 89.6 Å². The summed E-state index contributed by atoms with van der Waals surface area (Å²) in [6.45, 7) is 0. The smallest absolute Gasteiger partial charge is 0.255 e. The molecule has 0 amide bonds. The molecule has 0 aliphatic carbocycles. The van der Waals surface area contributed by atoms with Crippen LogP contribution >= 0.6 is 11.6 Å². The molecule has 86 valence electrons. The van der Waals surface area contributed by atoms with Gasteiger partial charge in [0.1, 0.15) is 11.1 Å². The van der Waals surface area contributed by atoms with E-state index in [0.29, 0.717) is 0 Å². The highest BCUT2D eigenvalue weighted by atomic mass is 35.5. The molecule has 0 aliphatic rings. The van der Waals surface area contributed by atoms with Crippen LogP contribution < -0.4 is 0 Å². The SMILES string of the molecule is O=C(F)c1c(F)c(F)c(C(=O)F)c(Cl)c1F. The van der Waals surface area contributed by atoms with Crippen molar-refractivity contribution in [2.45, 2.75) is 0 Å². The van der Waals surface area contributed by atoms with Crippen LogP contribution in [0.25, 0.3) is 0 Å².